The summed E-state index contributed by atoms with van der Waals surface area (Å²) in [6.45, 7) is 1.74. The molecule has 0 atom stereocenters. The number of furan rings is 1. The largest absolute Gasteiger partial charge is 0.472 e. The van der Waals surface area contributed by atoms with Gasteiger partial charge in [-0.25, -0.2) is 4.98 Å². The molecule has 120 valence electrons. The fraction of sp³-hybridized carbons (Fsp3) is 0.278. The van der Waals surface area contributed by atoms with Crippen LogP contribution in [0, 0.1) is 0 Å². The molecule has 0 aliphatic heterocycles. The minimum atomic E-state index is 0.834. The number of aromatic nitrogens is 1. The Balaban J connectivity index is 1.63. The molecule has 0 spiro atoms. The van der Waals surface area contributed by atoms with Gasteiger partial charge in [-0.2, -0.15) is 0 Å². The number of rotatable bonds is 6. The van der Waals surface area contributed by atoms with Gasteiger partial charge in [-0.3, -0.25) is 4.90 Å². The summed E-state index contributed by atoms with van der Waals surface area (Å²) in [5.74, 6) is 0. The molecule has 0 aliphatic carbocycles. The number of nitrogens with zero attached hydrogens (tertiary/aromatic N) is 3. The standard InChI is InChI=1S/C18H21N3OS/c1-20(2)17-6-4-5-14(9-17)10-21(3)11-16-13-23-18(19-16)15-7-8-22-12-15/h4-9,12-13H,10-11H2,1-3H3. The van der Waals surface area contributed by atoms with Gasteiger partial charge in [0.2, 0.25) is 0 Å². The normalized spacial score (nSPS) is 11.1. The number of hydrogen-bond donors (Lipinski definition) is 0. The van der Waals surface area contributed by atoms with Crippen molar-refractivity contribution in [3.8, 4) is 10.6 Å². The third-order valence-corrected chi connectivity index (χ3v) is 4.57. The van der Waals surface area contributed by atoms with Crippen LogP contribution in [0.3, 0.4) is 0 Å². The lowest BCUT2D eigenvalue weighted by Gasteiger charge is -2.18. The van der Waals surface area contributed by atoms with Crippen LogP contribution in [0.15, 0.2) is 52.7 Å². The molecule has 0 unspecified atom stereocenters. The predicted octanol–water partition coefficient (Wildman–Crippen LogP) is 4.10. The number of anilines is 1. The number of hydrogen-bond acceptors (Lipinski definition) is 5. The van der Waals surface area contributed by atoms with E-state index in [1.54, 1.807) is 23.9 Å². The molecule has 0 amide bonds. The van der Waals surface area contributed by atoms with E-state index in [2.05, 4.69) is 65.6 Å². The Morgan fingerprint density at radius 3 is 2.74 bits per heavy atom. The van der Waals surface area contributed by atoms with Gasteiger partial charge in [0, 0.05) is 43.8 Å². The van der Waals surface area contributed by atoms with Crippen molar-refractivity contribution in [1.82, 2.24) is 9.88 Å². The maximum atomic E-state index is 5.12. The van der Waals surface area contributed by atoms with Crippen molar-refractivity contribution >= 4 is 17.0 Å². The smallest absolute Gasteiger partial charge is 0.126 e. The monoisotopic (exact) mass is 327 g/mol. The van der Waals surface area contributed by atoms with Crippen LogP contribution < -0.4 is 4.90 Å². The van der Waals surface area contributed by atoms with Gasteiger partial charge in [0.05, 0.1) is 12.0 Å². The molecule has 0 saturated heterocycles. The van der Waals surface area contributed by atoms with E-state index in [4.69, 9.17) is 4.42 Å². The lowest BCUT2D eigenvalue weighted by molar-refractivity contribution is 0.316. The maximum Gasteiger partial charge on any atom is 0.126 e. The van der Waals surface area contributed by atoms with Crippen LogP contribution in [0.5, 0.6) is 0 Å². The predicted molar refractivity (Wildman–Crippen MR) is 95.8 cm³/mol. The van der Waals surface area contributed by atoms with Gasteiger partial charge in [0.1, 0.15) is 11.3 Å². The molecule has 2 heterocycles. The van der Waals surface area contributed by atoms with Crippen LogP contribution in [0.2, 0.25) is 0 Å². The van der Waals surface area contributed by atoms with E-state index >= 15 is 0 Å². The summed E-state index contributed by atoms with van der Waals surface area (Å²) in [6, 6.07) is 10.6. The molecule has 0 radical (unpaired) electrons. The minimum absolute atomic E-state index is 0.834. The topological polar surface area (TPSA) is 32.5 Å². The molecular formula is C18H21N3OS. The second-order valence-corrected chi connectivity index (χ2v) is 6.75. The lowest BCUT2D eigenvalue weighted by Crippen LogP contribution is -2.18. The van der Waals surface area contributed by atoms with E-state index in [0.717, 1.165) is 29.4 Å². The zero-order valence-electron chi connectivity index (χ0n) is 13.7. The first-order valence-electron chi connectivity index (χ1n) is 7.53. The van der Waals surface area contributed by atoms with Crippen molar-refractivity contribution in [1.29, 1.82) is 0 Å². The summed E-state index contributed by atoms with van der Waals surface area (Å²) in [4.78, 5) is 9.10. The molecule has 5 heteroatoms. The molecule has 3 aromatic rings. The molecule has 0 saturated carbocycles. The van der Waals surface area contributed by atoms with E-state index in [1.165, 1.54) is 11.3 Å². The van der Waals surface area contributed by atoms with Gasteiger partial charge in [-0.15, -0.1) is 11.3 Å². The molecule has 4 nitrogen and oxygen atoms in total. The molecule has 0 N–H and O–H groups in total. The third kappa shape index (κ3) is 4.00. The average molecular weight is 327 g/mol. The zero-order valence-corrected chi connectivity index (χ0v) is 14.5. The second kappa shape index (κ2) is 6.98. The summed E-state index contributed by atoms with van der Waals surface area (Å²) < 4.78 is 5.12. The van der Waals surface area contributed by atoms with E-state index in [9.17, 15) is 0 Å². The van der Waals surface area contributed by atoms with Crippen molar-refractivity contribution in [2.45, 2.75) is 13.1 Å². The maximum absolute atomic E-state index is 5.12. The molecule has 0 fully saturated rings. The quantitative estimate of drug-likeness (QED) is 0.682. The van der Waals surface area contributed by atoms with Crippen molar-refractivity contribution in [3.63, 3.8) is 0 Å². The minimum Gasteiger partial charge on any atom is -0.472 e. The van der Waals surface area contributed by atoms with Crippen LogP contribution in [0.4, 0.5) is 5.69 Å². The van der Waals surface area contributed by atoms with Gasteiger partial charge >= 0.3 is 0 Å². The zero-order chi connectivity index (χ0) is 16.2. The Hall–Kier alpha value is -2.11. The fourth-order valence-corrected chi connectivity index (χ4v) is 3.27. The van der Waals surface area contributed by atoms with Crippen molar-refractivity contribution in [2.24, 2.45) is 0 Å². The Bertz CT molecular complexity index is 749. The highest BCUT2D eigenvalue weighted by atomic mass is 32.1. The number of benzene rings is 1. The molecule has 3 rings (SSSR count). The Morgan fingerprint density at radius 1 is 1.13 bits per heavy atom. The van der Waals surface area contributed by atoms with Crippen LogP contribution in [-0.2, 0) is 13.1 Å². The van der Waals surface area contributed by atoms with Crippen LogP contribution in [0.25, 0.3) is 10.6 Å². The molecule has 2 aromatic heterocycles. The SMILES string of the molecule is CN(Cc1cccc(N(C)C)c1)Cc1csc(-c2ccoc2)n1. The molecule has 0 bridgehead atoms. The van der Waals surface area contributed by atoms with Gasteiger partial charge in [0.25, 0.3) is 0 Å². The van der Waals surface area contributed by atoms with Gasteiger partial charge in [-0.05, 0) is 30.8 Å². The van der Waals surface area contributed by atoms with Crippen molar-refractivity contribution in [3.05, 3.63) is 59.5 Å². The summed E-state index contributed by atoms with van der Waals surface area (Å²) in [5.41, 5.74) is 4.68. The van der Waals surface area contributed by atoms with Crippen LogP contribution in [-0.4, -0.2) is 31.0 Å². The van der Waals surface area contributed by atoms with Crippen LogP contribution in [0.1, 0.15) is 11.3 Å². The lowest BCUT2D eigenvalue weighted by atomic mass is 10.2. The van der Waals surface area contributed by atoms with E-state index in [0.29, 0.717) is 0 Å². The molecule has 0 aliphatic rings. The van der Waals surface area contributed by atoms with E-state index in [1.807, 2.05) is 6.07 Å². The van der Waals surface area contributed by atoms with Crippen molar-refractivity contribution < 1.29 is 4.42 Å². The third-order valence-electron chi connectivity index (χ3n) is 3.63. The Labute approximate surface area is 141 Å². The van der Waals surface area contributed by atoms with E-state index in [-0.39, 0.29) is 0 Å². The summed E-state index contributed by atoms with van der Waals surface area (Å²) >= 11 is 1.66. The highest BCUT2D eigenvalue weighted by Gasteiger charge is 2.09. The van der Waals surface area contributed by atoms with Crippen molar-refractivity contribution in [2.75, 3.05) is 26.0 Å². The molecular weight excluding hydrogens is 306 g/mol. The van der Waals surface area contributed by atoms with Crippen LogP contribution >= 0.6 is 11.3 Å². The Morgan fingerprint density at radius 2 is 2.00 bits per heavy atom. The second-order valence-electron chi connectivity index (χ2n) is 5.89. The van der Waals surface area contributed by atoms with Gasteiger partial charge < -0.3 is 9.32 Å². The number of thiazole rings is 1. The first-order valence-corrected chi connectivity index (χ1v) is 8.41. The molecule has 23 heavy (non-hydrogen) atoms. The summed E-state index contributed by atoms with van der Waals surface area (Å²) in [6.07, 6.45) is 3.42. The first kappa shape index (κ1) is 15.8. The summed E-state index contributed by atoms with van der Waals surface area (Å²) in [7, 11) is 6.25. The van der Waals surface area contributed by atoms with E-state index < -0.39 is 0 Å². The highest BCUT2D eigenvalue weighted by molar-refractivity contribution is 7.13. The first-order chi connectivity index (χ1) is 11.1. The molecule has 1 aromatic carbocycles. The Kier molecular flexibility index (Phi) is 4.79. The average Bonchev–Trinajstić information content (AvgIpc) is 3.18. The van der Waals surface area contributed by atoms with Gasteiger partial charge in [0.15, 0.2) is 0 Å². The fourth-order valence-electron chi connectivity index (χ4n) is 2.48. The summed E-state index contributed by atoms with van der Waals surface area (Å²) in [5, 5.41) is 3.13. The highest BCUT2D eigenvalue weighted by Crippen LogP contribution is 2.24. The van der Waals surface area contributed by atoms with Gasteiger partial charge in [-0.1, -0.05) is 12.1 Å².